The maximum atomic E-state index is 10.4. The van der Waals surface area contributed by atoms with Crippen molar-refractivity contribution in [1.29, 1.82) is 0 Å². The Morgan fingerprint density at radius 3 is 2.24 bits per heavy atom. The highest BCUT2D eigenvalue weighted by Crippen LogP contribution is 2.54. The van der Waals surface area contributed by atoms with Crippen LogP contribution in [0.15, 0.2) is 12.4 Å². The summed E-state index contributed by atoms with van der Waals surface area (Å²) in [6.07, 6.45) is 7.35. The second kappa shape index (κ2) is 4.42. The summed E-state index contributed by atoms with van der Waals surface area (Å²) < 4.78 is 1.77. The molecule has 132 valence electrons. The zero-order chi connectivity index (χ0) is 16.8. The molecule has 2 aromatic rings. The van der Waals surface area contributed by atoms with Gasteiger partial charge in [-0.1, -0.05) is 0 Å². The van der Waals surface area contributed by atoms with E-state index in [0.717, 1.165) is 50.2 Å². The predicted octanol–water partition coefficient (Wildman–Crippen LogP) is 0.0465. The number of aromatic nitrogens is 4. The zero-order valence-electron chi connectivity index (χ0n) is 14.0. The number of β-amino-alcohol motifs (C(OH)–C–C–N with tert-alkyl or cyclic N) is 2. The standard InChI is InChI=1S/C17H22N6O2/c24-11-7-21(9-16(11)1-2-16)14-13-18-5-6-23(13)20-15(19-14)22-8-12(25)17(10-22)3-4-17/h5-6,11-12,24-25H,1-4,7-10H2. The van der Waals surface area contributed by atoms with Gasteiger partial charge >= 0.3 is 0 Å². The summed E-state index contributed by atoms with van der Waals surface area (Å²) in [5.41, 5.74) is 0.862. The lowest BCUT2D eigenvalue weighted by Crippen LogP contribution is -2.28. The molecule has 0 amide bonds. The summed E-state index contributed by atoms with van der Waals surface area (Å²) in [6.45, 7) is 2.85. The van der Waals surface area contributed by atoms with Gasteiger partial charge in [-0.15, -0.1) is 5.10 Å². The molecule has 25 heavy (non-hydrogen) atoms. The first-order valence-corrected chi connectivity index (χ1v) is 9.16. The number of hydrogen-bond acceptors (Lipinski definition) is 7. The van der Waals surface area contributed by atoms with Gasteiger partial charge < -0.3 is 20.0 Å². The Balaban J connectivity index is 1.40. The van der Waals surface area contributed by atoms with E-state index < -0.39 is 0 Å². The van der Waals surface area contributed by atoms with Gasteiger partial charge in [0.2, 0.25) is 5.95 Å². The zero-order valence-corrected chi connectivity index (χ0v) is 14.0. The molecular weight excluding hydrogens is 320 g/mol. The third kappa shape index (κ3) is 1.92. The third-order valence-electron chi connectivity index (χ3n) is 6.80. The number of hydrogen-bond donors (Lipinski definition) is 2. The van der Waals surface area contributed by atoms with Crippen LogP contribution in [0.1, 0.15) is 25.7 Å². The van der Waals surface area contributed by atoms with Gasteiger partial charge in [0, 0.05) is 49.4 Å². The minimum atomic E-state index is -0.290. The van der Waals surface area contributed by atoms with Gasteiger partial charge in [-0.05, 0) is 25.7 Å². The molecule has 0 radical (unpaired) electrons. The maximum Gasteiger partial charge on any atom is 0.245 e. The van der Waals surface area contributed by atoms with Crippen molar-refractivity contribution in [3.63, 3.8) is 0 Å². The average molecular weight is 342 g/mol. The second-order valence-electron chi connectivity index (χ2n) is 8.45. The number of anilines is 2. The van der Waals surface area contributed by atoms with Crippen LogP contribution in [0.3, 0.4) is 0 Å². The molecular formula is C17H22N6O2. The highest BCUT2D eigenvalue weighted by molar-refractivity contribution is 5.66. The first-order chi connectivity index (χ1) is 12.1. The van der Waals surface area contributed by atoms with Gasteiger partial charge in [0.05, 0.1) is 12.2 Å². The molecule has 2 aliphatic carbocycles. The molecule has 6 rings (SSSR count). The highest BCUT2D eigenvalue weighted by atomic mass is 16.3. The van der Waals surface area contributed by atoms with E-state index in [0.29, 0.717) is 19.0 Å². The number of aliphatic hydroxyl groups excluding tert-OH is 2. The molecule has 4 heterocycles. The Hall–Kier alpha value is -1.93. The van der Waals surface area contributed by atoms with Crippen molar-refractivity contribution in [3.05, 3.63) is 12.4 Å². The number of fused-ring (bicyclic) bond motifs is 1. The van der Waals surface area contributed by atoms with E-state index in [1.165, 1.54) is 0 Å². The lowest BCUT2D eigenvalue weighted by molar-refractivity contribution is 0.136. The quantitative estimate of drug-likeness (QED) is 0.797. The molecule has 2 unspecified atom stereocenters. The normalized spacial score (nSPS) is 31.6. The Bertz CT molecular complexity index is 858. The van der Waals surface area contributed by atoms with Gasteiger partial charge in [0.25, 0.3) is 0 Å². The SMILES string of the molecule is OC1CN(c2nc(N3CC(O)C4(CC4)C3)c3nccn3n2)CC12CC2. The van der Waals surface area contributed by atoms with Crippen LogP contribution in [0.5, 0.6) is 0 Å². The first-order valence-electron chi connectivity index (χ1n) is 9.16. The molecule has 8 heteroatoms. The smallest absolute Gasteiger partial charge is 0.245 e. The number of imidazole rings is 1. The van der Waals surface area contributed by atoms with Crippen molar-refractivity contribution in [2.45, 2.75) is 37.9 Å². The molecule has 4 fully saturated rings. The Morgan fingerprint density at radius 2 is 1.60 bits per heavy atom. The van der Waals surface area contributed by atoms with Gasteiger partial charge in [-0.25, -0.2) is 9.50 Å². The van der Waals surface area contributed by atoms with Crippen molar-refractivity contribution < 1.29 is 10.2 Å². The molecule has 2 saturated heterocycles. The van der Waals surface area contributed by atoms with E-state index in [1.54, 1.807) is 10.7 Å². The molecule has 2 N–H and O–H groups in total. The molecule has 2 spiro atoms. The molecule has 8 nitrogen and oxygen atoms in total. The fourth-order valence-electron chi connectivity index (χ4n) is 4.67. The predicted molar refractivity (Wildman–Crippen MR) is 90.6 cm³/mol. The van der Waals surface area contributed by atoms with Crippen molar-refractivity contribution in [1.82, 2.24) is 19.6 Å². The van der Waals surface area contributed by atoms with Crippen LogP contribution >= 0.6 is 0 Å². The van der Waals surface area contributed by atoms with Crippen molar-refractivity contribution >= 4 is 17.4 Å². The van der Waals surface area contributed by atoms with E-state index in [4.69, 9.17) is 4.98 Å². The number of nitrogens with zero attached hydrogens (tertiary/aromatic N) is 6. The molecule has 2 aromatic heterocycles. The van der Waals surface area contributed by atoms with Gasteiger partial charge in [-0.2, -0.15) is 4.98 Å². The topological polar surface area (TPSA) is 90.0 Å². The third-order valence-corrected chi connectivity index (χ3v) is 6.80. The second-order valence-corrected chi connectivity index (χ2v) is 8.45. The number of rotatable bonds is 2. The Kier molecular flexibility index (Phi) is 2.52. The Morgan fingerprint density at radius 1 is 0.960 bits per heavy atom. The van der Waals surface area contributed by atoms with Gasteiger partial charge in [0.1, 0.15) is 0 Å². The molecule has 2 aliphatic heterocycles. The van der Waals surface area contributed by atoms with Crippen LogP contribution < -0.4 is 9.80 Å². The largest absolute Gasteiger partial charge is 0.391 e. The summed E-state index contributed by atoms with van der Waals surface area (Å²) in [4.78, 5) is 13.5. The number of aliphatic hydroxyl groups is 2. The van der Waals surface area contributed by atoms with Crippen LogP contribution in [0.2, 0.25) is 0 Å². The van der Waals surface area contributed by atoms with Crippen molar-refractivity contribution in [2.24, 2.45) is 10.8 Å². The average Bonchev–Trinajstić information content (AvgIpc) is 3.42. The summed E-state index contributed by atoms with van der Waals surface area (Å²) in [5, 5.41) is 25.4. The monoisotopic (exact) mass is 342 g/mol. The summed E-state index contributed by atoms with van der Waals surface area (Å²) in [6, 6.07) is 0. The lowest BCUT2D eigenvalue weighted by Gasteiger charge is -2.21. The first kappa shape index (κ1) is 14.3. The summed E-state index contributed by atoms with van der Waals surface area (Å²) in [5.74, 6) is 1.44. The fourth-order valence-corrected chi connectivity index (χ4v) is 4.67. The van der Waals surface area contributed by atoms with E-state index in [9.17, 15) is 10.2 Å². The van der Waals surface area contributed by atoms with E-state index in [1.807, 2.05) is 6.20 Å². The van der Waals surface area contributed by atoms with Crippen LogP contribution in [0.25, 0.3) is 5.65 Å². The van der Waals surface area contributed by atoms with E-state index in [2.05, 4.69) is 19.9 Å². The van der Waals surface area contributed by atoms with Crippen molar-refractivity contribution in [3.8, 4) is 0 Å². The fraction of sp³-hybridized carbons (Fsp3) is 0.706. The minimum Gasteiger partial charge on any atom is -0.391 e. The molecule has 0 aromatic carbocycles. The van der Waals surface area contributed by atoms with Crippen LogP contribution in [-0.4, -0.2) is 68.2 Å². The highest BCUT2D eigenvalue weighted by Gasteiger charge is 2.56. The van der Waals surface area contributed by atoms with Crippen molar-refractivity contribution in [2.75, 3.05) is 36.0 Å². The molecule has 2 atom stereocenters. The van der Waals surface area contributed by atoms with Gasteiger partial charge in [0.15, 0.2) is 11.5 Å². The van der Waals surface area contributed by atoms with Gasteiger partial charge in [-0.3, -0.25) is 0 Å². The summed E-state index contributed by atoms with van der Waals surface area (Å²) in [7, 11) is 0. The van der Waals surface area contributed by atoms with Crippen LogP contribution in [0, 0.1) is 10.8 Å². The summed E-state index contributed by atoms with van der Waals surface area (Å²) >= 11 is 0. The lowest BCUT2D eigenvalue weighted by atomic mass is 10.0. The van der Waals surface area contributed by atoms with Crippen LogP contribution in [-0.2, 0) is 0 Å². The molecule has 4 aliphatic rings. The maximum absolute atomic E-state index is 10.4. The molecule has 0 bridgehead atoms. The van der Waals surface area contributed by atoms with E-state index >= 15 is 0 Å². The van der Waals surface area contributed by atoms with Crippen LogP contribution in [0.4, 0.5) is 11.8 Å². The minimum absolute atomic E-state index is 0.0648. The molecule has 2 saturated carbocycles. The van der Waals surface area contributed by atoms with E-state index in [-0.39, 0.29) is 23.0 Å². The Labute approximate surface area is 145 Å².